The van der Waals surface area contributed by atoms with E-state index in [1.165, 1.54) is 25.1 Å². The molecule has 120 valence electrons. The summed E-state index contributed by atoms with van der Waals surface area (Å²) in [7, 11) is 0. The van der Waals surface area contributed by atoms with Gasteiger partial charge in [0.25, 0.3) is 5.91 Å². The number of carbonyl (C=O) groups excluding carboxylic acids is 1. The minimum atomic E-state index is -1.26. The number of nitrogens with zero attached hydrogens (tertiary/aromatic N) is 1. The first-order valence-corrected chi connectivity index (χ1v) is 7.02. The summed E-state index contributed by atoms with van der Waals surface area (Å²) in [4.78, 5) is 29.0. The molecule has 0 aromatic heterocycles. The molecule has 1 N–H and O–H groups in total. The molecule has 0 spiro atoms. The van der Waals surface area contributed by atoms with Crippen LogP contribution in [-0.4, -0.2) is 28.1 Å². The zero-order valence-corrected chi connectivity index (χ0v) is 12.8. The molecule has 1 atom stereocenters. The van der Waals surface area contributed by atoms with Gasteiger partial charge in [-0.25, -0.2) is 9.18 Å². The van der Waals surface area contributed by atoms with Crippen molar-refractivity contribution in [3.63, 3.8) is 0 Å². The molecule has 0 fully saturated rings. The standard InChI is InChI=1S/C16H13ClFNO4/c1-10(16(21)22)19(15(20)11-5-3-2-4-6-11)23-12-7-8-14(18)13(17)9-12/h2-10H,1H3,(H,21,22). The monoisotopic (exact) mass is 337 g/mol. The van der Waals surface area contributed by atoms with E-state index in [0.29, 0.717) is 5.06 Å². The normalized spacial score (nSPS) is 11.6. The molecule has 2 aromatic carbocycles. The Hall–Kier alpha value is -2.60. The number of amides is 1. The zero-order chi connectivity index (χ0) is 17.0. The summed E-state index contributed by atoms with van der Waals surface area (Å²) in [6.45, 7) is 1.30. The number of hydroxylamine groups is 2. The Kier molecular flexibility index (Phi) is 5.18. The minimum absolute atomic E-state index is 0.0498. The molecule has 5 nitrogen and oxygen atoms in total. The summed E-state index contributed by atoms with van der Waals surface area (Å²) >= 11 is 5.66. The minimum Gasteiger partial charge on any atom is -0.480 e. The molecule has 0 radical (unpaired) electrons. The van der Waals surface area contributed by atoms with E-state index in [9.17, 15) is 14.0 Å². The van der Waals surface area contributed by atoms with Crippen molar-refractivity contribution in [3.05, 3.63) is 64.9 Å². The fourth-order valence-electron chi connectivity index (χ4n) is 1.75. The zero-order valence-electron chi connectivity index (χ0n) is 12.1. The van der Waals surface area contributed by atoms with E-state index in [-0.39, 0.29) is 16.3 Å². The van der Waals surface area contributed by atoms with Gasteiger partial charge in [-0.3, -0.25) is 4.79 Å². The number of benzene rings is 2. The van der Waals surface area contributed by atoms with Gasteiger partial charge in [0.05, 0.1) is 5.02 Å². The van der Waals surface area contributed by atoms with E-state index in [4.69, 9.17) is 21.5 Å². The molecule has 0 bridgehead atoms. The number of aliphatic carboxylic acids is 1. The predicted molar refractivity (Wildman–Crippen MR) is 81.7 cm³/mol. The third-order valence-electron chi connectivity index (χ3n) is 3.02. The third-order valence-corrected chi connectivity index (χ3v) is 3.31. The number of rotatable bonds is 5. The Morgan fingerprint density at radius 1 is 1.22 bits per heavy atom. The molecular formula is C16H13ClFNO4. The second kappa shape index (κ2) is 7.11. The van der Waals surface area contributed by atoms with Gasteiger partial charge in [-0.1, -0.05) is 29.8 Å². The molecule has 1 amide bonds. The second-order valence-corrected chi connectivity index (χ2v) is 5.09. The lowest BCUT2D eigenvalue weighted by Crippen LogP contribution is -2.45. The molecule has 2 aromatic rings. The Labute approximate surface area is 136 Å². The van der Waals surface area contributed by atoms with Crippen LogP contribution in [0.5, 0.6) is 5.75 Å². The molecule has 2 rings (SSSR count). The van der Waals surface area contributed by atoms with Gasteiger partial charge in [0.1, 0.15) is 5.82 Å². The van der Waals surface area contributed by atoms with E-state index in [0.717, 1.165) is 12.1 Å². The van der Waals surface area contributed by atoms with Crippen LogP contribution in [-0.2, 0) is 4.79 Å². The number of carboxylic acids is 1. The molecule has 1 unspecified atom stereocenters. The van der Waals surface area contributed by atoms with Gasteiger partial charge in [0, 0.05) is 11.6 Å². The molecule has 7 heteroatoms. The van der Waals surface area contributed by atoms with Gasteiger partial charge >= 0.3 is 5.97 Å². The van der Waals surface area contributed by atoms with Crippen LogP contribution < -0.4 is 4.84 Å². The van der Waals surface area contributed by atoms with Gasteiger partial charge in [-0.05, 0) is 31.2 Å². The van der Waals surface area contributed by atoms with Crippen molar-refractivity contribution in [3.8, 4) is 5.75 Å². The summed E-state index contributed by atoms with van der Waals surface area (Å²) in [5, 5.41) is 9.68. The Balaban J connectivity index is 2.32. The lowest BCUT2D eigenvalue weighted by molar-refractivity contribution is -0.151. The Bertz CT molecular complexity index is 723. The topological polar surface area (TPSA) is 66.8 Å². The summed E-state index contributed by atoms with van der Waals surface area (Å²) in [5.74, 6) is -2.48. The van der Waals surface area contributed by atoms with Crippen LogP contribution in [0.1, 0.15) is 17.3 Å². The largest absolute Gasteiger partial charge is 0.480 e. The van der Waals surface area contributed by atoms with E-state index < -0.39 is 23.7 Å². The summed E-state index contributed by atoms with van der Waals surface area (Å²) in [5.41, 5.74) is 0.258. The average Bonchev–Trinajstić information content (AvgIpc) is 2.55. The smallest absolute Gasteiger partial charge is 0.329 e. The second-order valence-electron chi connectivity index (χ2n) is 4.68. The lowest BCUT2D eigenvalue weighted by atomic mass is 10.2. The van der Waals surface area contributed by atoms with Crippen molar-refractivity contribution in [2.45, 2.75) is 13.0 Å². The average molecular weight is 338 g/mol. The number of halogens is 2. The maximum Gasteiger partial charge on any atom is 0.329 e. The summed E-state index contributed by atoms with van der Waals surface area (Å²) in [6.07, 6.45) is 0. The fraction of sp³-hybridized carbons (Fsp3) is 0.125. The quantitative estimate of drug-likeness (QED) is 0.849. The van der Waals surface area contributed by atoms with Crippen molar-refractivity contribution in [1.29, 1.82) is 0 Å². The number of carbonyl (C=O) groups is 2. The van der Waals surface area contributed by atoms with Crippen LogP contribution in [0.4, 0.5) is 4.39 Å². The molecule has 0 aliphatic rings. The van der Waals surface area contributed by atoms with Crippen molar-refractivity contribution in [2.24, 2.45) is 0 Å². The van der Waals surface area contributed by atoms with E-state index in [2.05, 4.69) is 0 Å². The maximum absolute atomic E-state index is 13.2. The Morgan fingerprint density at radius 2 is 1.87 bits per heavy atom. The molecule has 23 heavy (non-hydrogen) atoms. The van der Waals surface area contributed by atoms with Crippen molar-refractivity contribution in [1.82, 2.24) is 5.06 Å². The fourth-order valence-corrected chi connectivity index (χ4v) is 1.92. The van der Waals surface area contributed by atoms with Gasteiger partial charge < -0.3 is 9.94 Å². The van der Waals surface area contributed by atoms with Crippen LogP contribution in [0.3, 0.4) is 0 Å². The highest BCUT2D eigenvalue weighted by Crippen LogP contribution is 2.23. The van der Waals surface area contributed by atoms with E-state index in [1.807, 2.05) is 0 Å². The first kappa shape index (κ1) is 16.8. The highest BCUT2D eigenvalue weighted by Gasteiger charge is 2.29. The first-order valence-electron chi connectivity index (χ1n) is 6.64. The number of hydrogen-bond donors (Lipinski definition) is 1. The van der Waals surface area contributed by atoms with Crippen molar-refractivity contribution >= 4 is 23.5 Å². The molecule has 0 heterocycles. The third kappa shape index (κ3) is 3.98. The van der Waals surface area contributed by atoms with E-state index >= 15 is 0 Å². The predicted octanol–water partition coefficient (Wildman–Crippen LogP) is 3.39. The molecule has 0 saturated heterocycles. The number of hydrogen-bond acceptors (Lipinski definition) is 3. The molecule has 0 saturated carbocycles. The van der Waals surface area contributed by atoms with Crippen molar-refractivity contribution in [2.75, 3.05) is 0 Å². The highest BCUT2D eigenvalue weighted by atomic mass is 35.5. The van der Waals surface area contributed by atoms with Crippen molar-refractivity contribution < 1.29 is 23.9 Å². The summed E-state index contributed by atoms with van der Waals surface area (Å²) < 4.78 is 13.2. The lowest BCUT2D eigenvalue weighted by Gasteiger charge is -2.26. The Morgan fingerprint density at radius 3 is 2.43 bits per heavy atom. The van der Waals surface area contributed by atoms with Crippen LogP contribution >= 0.6 is 11.6 Å². The van der Waals surface area contributed by atoms with Crippen LogP contribution in [0.15, 0.2) is 48.5 Å². The van der Waals surface area contributed by atoms with E-state index in [1.54, 1.807) is 18.2 Å². The SMILES string of the molecule is CC(C(=O)O)N(Oc1ccc(F)c(Cl)c1)C(=O)c1ccccc1. The molecular weight excluding hydrogens is 325 g/mol. The molecule has 0 aliphatic heterocycles. The highest BCUT2D eigenvalue weighted by molar-refractivity contribution is 6.30. The number of carboxylic acid groups (broad SMARTS) is 1. The van der Waals surface area contributed by atoms with Gasteiger partial charge in [-0.15, -0.1) is 0 Å². The molecule has 0 aliphatic carbocycles. The van der Waals surface area contributed by atoms with Gasteiger partial charge in [0.2, 0.25) is 0 Å². The van der Waals surface area contributed by atoms with Gasteiger partial charge in [-0.2, -0.15) is 5.06 Å². The van der Waals surface area contributed by atoms with Crippen LogP contribution in [0.25, 0.3) is 0 Å². The van der Waals surface area contributed by atoms with Gasteiger partial charge in [0.15, 0.2) is 11.8 Å². The van der Waals surface area contributed by atoms with Crippen LogP contribution in [0, 0.1) is 5.82 Å². The maximum atomic E-state index is 13.2. The first-order chi connectivity index (χ1) is 10.9. The van der Waals surface area contributed by atoms with Crippen LogP contribution in [0.2, 0.25) is 5.02 Å². The summed E-state index contributed by atoms with van der Waals surface area (Å²) in [6, 6.07) is 10.3.